The zero-order valence-corrected chi connectivity index (χ0v) is 14.1. The van der Waals surface area contributed by atoms with Crippen LogP contribution in [0.15, 0.2) is 40.0 Å². The number of benzene rings is 1. The van der Waals surface area contributed by atoms with E-state index >= 15 is 0 Å². The third-order valence-corrected chi connectivity index (χ3v) is 4.07. The minimum Gasteiger partial charge on any atom is -0.463 e. The van der Waals surface area contributed by atoms with Crippen LogP contribution in [0.1, 0.15) is 25.5 Å². The molecule has 0 aromatic heterocycles. The molecule has 0 radical (unpaired) electrons. The van der Waals surface area contributed by atoms with Crippen LogP contribution < -0.4 is 11.2 Å². The summed E-state index contributed by atoms with van der Waals surface area (Å²) < 4.78 is 6.10. The first-order valence-corrected chi connectivity index (χ1v) is 7.64. The first kappa shape index (κ1) is 15.9. The molecule has 1 heterocycles. The van der Waals surface area contributed by atoms with Gasteiger partial charge in [0.2, 0.25) is 0 Å². The van der Waals surface area contributed by atoms with Crippen molar-refractivity contribution in [2.45, 2.75) is 19.9 Å². The fourth-order valence-corrected chi connectivity index (χ4v) is 2.65. The molecule has 1 atom stereocenters. The van der Waals surface area contributed by atoms with E-state index in [1.54, 1.807) is 13.8 Å². The molecule has 112 valence electrons. The number of hydrogen-bond acceptors (Lipinski definition) is 4. The van der Waals surface area contributed by atoms with E-state index in [-0.39, 0.29) is 6.04 Å². The topological polar surface area (TPSA) is 67.6 Å². The maximum atomic E-state index is 12.3. The van der Waals surface area contributed by atoms with Crippen molar-refractivity contribution in [3.8, 4) is 0 Å². The van der Waals surface area contributed by atoms with Gasteiger partial charge in [-0.15, -0.1) is 0 Å². The Morgan fingerprint density at radius 3 is 2.67 bits per heavy atom. The average molecular weight is 370 g/mol. The number of nitrogens with two attached hydrogens (primary N) is 1. The number of carbonyl (C=O) groups excluding carboxylic acids is 1. The van der Waals surface area contributed by atoms with Gasteiger partial charge < -0.3 is 10.1 Å². The van der Waals surface area contributed by atoms with Gasteiger partial charge in [-0.3, -0.25) is 5.01 Å². The summed E-state index contributed by atoms with van der Waals surface area (Å²) in [4.78, 5) is 12.3. The molecule has 0 saturated carbocycles. The molecular formula is C14H16BrN3O2S. The lowest BCUT2D eigenvalue weighted by Crippen LogP contribution is -2.50. The zero-order valence-electron chi connectivity index (χ0n) is 11.7. The van der Waals surface area contributed by atoms with Gasteiger partial charge in [-0.25, -0.2) is 10.6 Å². The summed E-state index contributed by atoms with van der Waals surface area (Å²) in [6.07, 6.45) is 0. The Morgan fingerprint density at radius 1 is 1.48 bits per heavy atom. The van der Waals surface area contributed by atoms with Gasteiger partial charge in [0.15, 0.2) is 5.11 Å². The second-order valence-electron chi connectivity index (χ2n) is 4.52. The lowest BCUT2D eigenvalue weighted by atomic mass is 9.95. The van der Waals surface area contributed by atoms with Crippen molar-refractivity contribution < 1.29 is 9.53 Å². The van der Waals surface area contributed by atoms with E-state index in [0.29, 0.717) is 23.0 Å². The van der Waals surface area contributed by atoms with Crippen LogP contribution in [0.5, 0.6) is 0 Å². The molecule has 5 nitrogen and oxygen atoms in total. The molecule has 1 aromatic carbocycles. The summed E-state index contributed by atoms with van der Waals surface area (Å²) in [5.41, 5.74) is 1.97. The van der Waals surface area contributed by atoms with Crippen LogP contribution in [0.4, 0.5) is 0 Å². The Balaban J connectivity index is 2.48. The number of ether oxygens (including phenoxy) is 1. The summed E-state index contributed by atoms with van der Waals surface area (Å²) in [5.74, 6) is 5.47. The molecule has 0 amide bonds. The normalized spacial score (nSPS) is 18.6. The van der Waals surface area contributed by atoms with Crippen molar-refractivity contribution in [3.63, 3.8) is 0 Å². The number of hydrogen-bond donors (Lipinski definition) is 2. The Bertz CT molecular complexity index is 601. The third-order valence-electron chi connectivity index (χ3n) is 3.23. The lowest BCUT2D eigenvalue weighted by molar-refractivity contribution is -0.139. The number of hydrazine groups is 1. The molecule has 0 aliphatic carbocycles. The summed E-state index contributed by atoms with van der Waals surface area (Å²) in [6.45, 7) is 3.83. The van der Waals surface area contributed by atoms with Gasteiger partial charge in [-0.2, -0.15) is 0 Å². The van der Waals surface area contributed by atoms with Gasteiger partial charge in [0.25, 0.3) is 0 Å². The highest BCUT2D eigenvalue weighted by Gasteiger charge is 2.33. The van der Waals surface area contributed by atoms with Crippen LogP contribution in [-0.2, 0) is 9.53 Å². The maximum Gasteiger partial charge on any atom is 0.338 e. The van der Waals surface area contributed by atoms with E-state index in [2.05, 4.69) is 21.2 Å². The number of rotatable bonds is 3. The summed E-state index contributed by atoms with van der Waals surface area (Å²) >= 11 is 8.60. The van der Waals surface area contributed by atoms with Crippen LogP contribution in [0.25, 0.3) is 0 Å². The Kier molecular flexibility index (Phi) is 4.97. The van der Waals surface area contributed by atoms with Crippen molar-refractivity contribution in [2.24, 2.45) is 5.84 Å². The van der Waals surface area contributed by atoms with Gasteiger partial charge >= 0.3 is 5.97 Å². The number of esters is 1. The van der Waals surface area contributed by atoms with Crippen molar-refractivity contribution in [3.05, 3.63) is 45.6 Å². The molecule has 1 unspecified atom stereocenters. The van der Waals surface area contributed by atoms with Crippen LogP contribution in [0.3, 0.4) is 0 Å². The Morgan fingerprint density at radius 2 is 2.10 bits per heavy atom. The molecule has 7 heteroatoms. The zero-order chi connectivity index (χ0) is 15.6. The smallest absolute Gasteiger partial charge is 0.338 e. The number of carbonyl (C=O) groups is 1. The van der Waals surface area contributed by atoms with E-state index in [4.69, 9.17) is 22.8 Å². The Labute approximate surface area is 137 Å². The molecule has 0 spiro atoms. The summed E-state index contributed by atoms with van der Waals surface area (Å²) in [5, 5.41) is 4.74. The van der Waals surface area contributed by atoms with Gasteiger partial charge in [-0.1, -0.05) is 28.1 Å². The highest BCUT2D eigenvalue weighted by Crippen LogP contribution is 2.30. The number of halogens is 1. The van der Waals surface area contributed by atoms with Crippen molar-refractivity contribution in [1.29, 1.82) is 0 Å². The van der Waals surface area contributed by atoms with Gasteiger partial charge in [0, 0.05) is 10.2 Å². The predicted molar refractivity (Wildman–Crippen MR) is 88.0 cm³/mol. The first-order valence-electron chi connectivity index (χ1n) is 6.44. The molecule has 0 saturated heterocycles. The molecule has 21 heavy (non-hydrogen) atoms. The van der Waals surface area contributed by atoms with Crippen molar-refractivity contribution >= 4 is 39.2 Å². The predicted octanol–water partition coefficient (Wildman–Crippen LogP) is 2.39. The standard InChI is InChI=1S/C14H16BrN3O2S/c1-3-20-13(19)11-8(2)18(16)14(21)17-12(11)9-4-6-10(15)7-5-9/h4-7,12H,3,16H2,1-2H3,(H,17,21). The van der Waals surface area contributed by atoms with Crippen molar-refractivity contribution in [1.82, 2.24) is 10.3 Å². The molecular weight excluding hydrogens is 354 g/mol. The minimum absolute atomic E-state index is 0.303. The van der Waals surface area contributed by atoms with E-state index in [0.717, 1.165) is 10.0 Å². The molecule has 0 fully saturated rings. The maximum absolute atomic E-state index is 12.3. The minimum atomic E-state index is -0.395. The van der Waals surface area contributed by atoms with E-state index in [9.17, 15) is 4.79 Å². The largest absolute Gasteiger partial charge is 0.463 e. The second kappa shape index (κ2) is 6.55. The fourth-order valence-electron chi connectivity index (χ4n) is 2.14. The monoisotopic (exact) mass is 369 g/mol. The SMILES string of the molecule is CCOC(=O)C1=C(C)N(N)C(=S)NC1c1ccc(Br)cc1. The second-order valence-corrected chi connectivity index (χ2v) is 5.83. The van der Waals surface area contributed by atoms with Gasteiger partial charge in [-0.05, 0) is 43.8 Å². The van der Waals surface area contributed by atoms with Crippen molar-refractivity contribution in [2.75, 3.05) is 6.61 Å². The summed E-state index contributed by atoms with van der Waals surface area (Å²) in [6, 6.07) is 7.29. The molecule has 0 bridgehead atoms. The van der Waals surface area contributed by atoms with Crippen LogP contribution in [0, 0.1) is 0 Å². The number of allylic oxidation sites excluding steroid dienone is 1. The third kappa shape index (κ3) is 3.25. The number of nitrogens with one attached hydrogen (secondary N) is 1. The highest BCUT2D eigenvalue weighted by atomic mass is 79.9. The Hall–Kier alpha value is -1.44. The van der Waals surface area contributed by atoms with Crippen LogP contribution in [0.2, 0.25) is 0 Å². The average Bonchev–Trinajstić information content (AvgIpc) is 2.45. The summed E-state index contributed by atoms with van der Waals surface area (Å²) in [7, 11) is 0. The number of thiocarbonyl (C=S) groups is 1. The molecule has 2 rings (SSSR count). The quantitative estimate of drug-likeness (QED) is 0.484. The van der Waals surface area contributed by atoms with Gasteiger partial charge in [0.05, 0.1) is 18.2 Å². The van der Waals surface area contributed by atoms with Crippen LogP contribution >= 0.6 is 28.1 Å². The molecule has 1 aliphatic rings. The van der Waals surface area contributed by atoms with Gasteiger partial charge in [0.1, 0.15) is 0 Å². The van der Waals surface area contributed by atoms with E-state index in [1.807, 2.05) is 24.3 Å². The highest BCUT2D eigenvalue weighted by molar-refractivity contribution is 9.10. The number of nitrogens with zero attached hydrogens (tertiary/aromatic N) is 1. The fraction of sp³-hybridized carbons (Fsp3) is 0.286. The van der Waals surface area contributed by atoms with Crippen LogP contribution in [-0.4, -0.2) is 22.7 Å². The lowest BCUT2D eigenvalue weighted by Gasteiger charge is -2.34. The molecule has 1 aromatic rings. The molecule has 1 aliphatic heterocycles. The molecule has 3 N–H and O–H groups in total. The van der Waals surface area contributed by atoms with E-state index in [1.165, 1.54) is 5.01 Å². The van der Waals surface area contributed by atoms with E-state index < -0.39 is 5.97 Å². The first-order chi connectivity index (χ1) is 9.95.